The quantitative estimate of drug-likeness (QED) is 0.242. The molecule has 0 radical (unpaired) electrons. The number of aliphatic hydroxyl groups is 2. The van der Waals surface area contributed by atoms with Gasteiger partial charge >= 0.3 is 212 Å². The van der Waals surface area contributed by atoms with Gasteiger partial charge in [-0.15, -0.1) is 0 Å². The molecule has 2 atom stereocenters. The second-order valence-corrected chi connectivity index (χ2v) is 12.9. The van der Waals surface area contributed by atoms with Crippen molar-refractivity contribution in [2.75, 3.05) is 0 Å². The molecule has 0 saturated heterocycles. The molecular weight excluding hydrogens is 584 g/mol. The summed E-state index contributed by atoms with van der Waals surface area (Å²) in [5.74, 6) is -0.0934. The van der Waals surface area contributed by atoms with E-state index in [1.54, 1.807) is 30.4 Å². The first-order chi connectivity index (χ1) is 17.5. The van der Waals surface area contributed by atoms with Gasteiger partial charge in [-0.2, -0.15) is 0 Å². The third-order valence-electron chi connectivity index (χ3n) is 6.71. The molecular formula is C29H16INO4P-. The van der Waals surface area contributed by atoms with Crippen LogP contribution in [0.5, 0.6) is 0 Å². The fraction of sp³-hybridized carbons (Fsp3) is 0.0690. The van der Waals surface area contributed by atoms with Crippen molar-refractivity contribution in [1.82, 2.24) is 0 Å². The molecule has 0 fully saturated rings. The number of carbonyl (C=O) groups is 2. The average Bonchev–Trinajstić information content (AvgIpc) is 3.36. The number of hydrogen-bond donors (Lipinski definition) is 2. The molecule has 2 N–H and O–H groups in total. The van der Waals surface area contributed by atoms with E-state index < -0.39 is 21.2 Å². The number of rotatable bonds is 0. The van der Waals surface area contributed by atoms with Crippen molar-refractivity contribution in [1.29, 1.82) is 0 Å². The molecule has 1 aromatic carbocycles. The van der Waals surface area contributed by atoms with E-state index in [-0.39, 0.29) is 34.8 Å². The molecule has 0 amide bonds. The van der Waals surface area contributed by atoms with E-state index in [1.165, 1.54) is 0 Å². The van der Waals surface area contributed by atoms with Gasteiger partial charge in [0.1, 0.15) is 0 Å². The summed E-state index contributed by atoms with van der Waals surface area (Å²) in [6.07, 6.45) is 18.0. The zero-order chi connectivity index (χ0) is 24.6. The SMILES string of the molecule is O=C1C2=C=C(C=CC=C2)C(=O)C2=C1C=CC1N=c3c(ccc4c3=C(O)C3=CC=CC=C([I-]3)C=4O)=PC21. The summed E-state index contributed by atoms with van der Waals surface area (Å²) in [5.41, 5.74) is 4.29. The van der Waals surface area contributed by atoms with E-state index in [9.17, 15) is 19.8 Å². The number of carbonyl (C=O) groups excluding carboxylic acids is 2. The number of fused-ring (bicyclic) bond motifs is 7. The topological polar surface area (TPSA) is 87.0 Å². The monoisotopic (exact) mass is 600 g/mol. The minimum atomic E-state index is -0.761. The summed E-state index contributed by atoms with van der Waals surface area (Å²) in [7, 11) is 0.818. The number of ketones is 2. The minimum absolute atomic E-state index is 0.145. The Kier molecular flexibility index (Phi) is 4.80. The molecule has 0 saturated carbocycles. The van der Waals surface area contributed by atoms with Crippen LogP contribution < -0.4 is 37.0 Å². The Labute approximate surface area is 217 Å². The molecule has 3 aliphatic carbocycles. The molecule has 36 heavy (non-hydrogen) atoms. The summed E-state index contributed by atoms with van der Waals surface area (Å²) < 4.78 is 1.66. The van der Waals surface area contributed by atoms with Crippen molar-refractivity contribution >= 4 is 31.3 Å². The molecule has 5 nitrogen and oxygen atoms in total. The van der Waals surface area contributed by atoms with E-state index >= 15 is 0 Å². The van der Waals surface area contributed by atoms with Gasteiger partial charge < -0.3 is 0 Å². The summed E-state index contributed by atoms with van der Waals surface area (Å²) in [6.45, 7) is 0. The molecule has 7 rings (SSSR count). The van der Waals surface area contributed by atoms with Gasteiger partial charge in [0.2, 0.25) is 0 Å². The third kappa shape index (κ3) is 3.09. The molecule has 6 aliphatic rings. The van der Waals surface area contributed by atoms with Crippen LogP contribution in [0.1, 0.15) is 0 Å². The summed E-state index contributed by atoms with van der Waals surface area (Å²) in [5, 5.41) is 24.2. The van der Waals surface area contributed by atoms with E-state index in [1.807, 2.05) is 42.5 Å². The molecule has 2 unspecified atom stereocenters. The molecule has 3 heterocycles. The van der Waals surface area contributed by atoms with Crippen LogP contribution in [0.15, 0.2) is 113 Å². The van der Waals surface area contributed by atoms with E-state index in [2.05, 4.69) is 5.73 Å². The summed E-state index contributed by atoms with van der Waals surface area (Å²) in [6, 6.07) is 3.34. The maximum absolute atomic E-state index is 13.6. The Morgan fingerprint density at radius 3 is 2.39 bits per heavy atom. The number of halogens is 1. The number of nitrogens with zero attached hydrogens (tertiary/aromatic N) is 1. The third-order valence-corrected chi connectivity index (χ3v) is 11.1. The van der Waals surface area contributed by atoms with Crippen LogP contribution in [0.3, 0.4) is 0 Å². The first-order valence-corrected chi connectivity index (χ1v) is 14.5. The maximum atomic E-state index is 13.6. The molecule has 3 aliphatic heterocycles. The van der Waals surface area contributed by atoms with Crippen LogP contribution in [-0.2, 0) is 9.59 Å². The van der Waals surface area contributed by atoms with Crippen LogP contribution in [0, 0.1) is 4.94 Å². The van der Waals surface area contributed by atoms with Gasteiger partial charge in [-0.05, 0) is 0 Å². The Hall–Kier alpha value is -3.57. The fourth-order valence-electron chi connectivity index (χ4n) is 5.02. The Morgan fingerprint density at radius 2 is 1.61 bits per heavy atom. The summed E-state index contributed by atoms with van der Waals surface area (Å²) in [4.78, 5) is 32.7. The average molecular weight is 600 g/mol. The van der Waals surface area contributed by atoms with Crippen molar-refractivity contribution in [2.45, 2.75) is 11.7 Å². The molecule has 0 spiro atoms. The van der Waals surface area contributed by atoms with Crippen molar-refractivity contribution in [2.24, 2.45) is 4.99 Å². The fourth-order valence-corrected chi connectivity index (χ4v) is 8.94. The molecule has 4 bridgehead atoms. The van der Waals surface area contributed by atoms with Gasteiger partial charge in [-0.25, -0.2) is 0 Å². The van der Waals surface area contributed by atoms with Crippen LogP contribution >= 0.6 is 8.20 Å². The standard InChI is InChI=1S/C29H16INO4P/c32-25-14-5-1-2-6-15(13-14)26(33)23-17(25)9-11-20-29(23)36-21-12-10-16-22(24(21)31-20)28(35)19-8-4-3-7-18(30-19)27(16)34/h1-12,20,29,34-35H/q-1. The Bertz CT molecular complexity index is 1910. The normalized spacial score (nSPS) is 25.6. The first-order valence-electron chi connectivity index (χ1n) is 11.3. The van der Waals surface area contributed by atoms with E-state index in [0.717, 1.165) is 20.3 Å². The van der Waals surface area contributed by atoms with Crippen LogP contribution in [0.25, 0.3) is 11.5 Å². The van der Waals surface area contributed by atoms with Gasteiger partial charge in [-0.1, -0.05) is 6.08 Å². The number of benzene rings is 1. The second-order valence-electron chi connectivity index (χ2n) is 8.77. The van der Waals surface area contributed by atoms with Gasteiger partial charge in [0.15, 0.2) is 0 Å². The van der Waals surface area contributed by atoms with Crippen LogP contribution in [0.4, 0.5) is 0 Å². The van der Waals surface area contributed by atoms with Crippen LogP contribution in [0.2, 0.25) is 0 Å². The summed E-state index contributed by atoms with van der Waals surface area (Å²) >= 11 is -0.761. The van der Waals surface area contributed by atoms with Crippen LogP contribution in [-0.4, -0.2) is 33.5 Å². The number of Topliss-reactive ketones (excluding diaryl/α,β-unsaturated/α-hetero) is 2. The number of aliphatic hydroxyl groups excluding tert-OH is 2. The molecule has 174 valence electrons. The first kappa shape index (κ1) is 21.7. The van der Waals surface area contributed by atoms with E-state index in [0.29, 0.717) is 38.1 Å². The molecule has 0 aromatic heterocycles. The zero-order valence-corrected chi connectivity index (χ0v) is 21.6. The Balaban J connectivity index is 1.51. The van der Waals surface area contributed by atoms with Gasteiger partial charge in [-0.3, -0.25) is 0 Å². The Morgan fingerprint density at radius 1 is 0.889 bits per heavy atom. The molecule has 7 heteroatoms. The van der Waals surface area contributed by atoms with Gasteiger partial charge in [0.05, 0.1) is 0 Å². The second kappa shape index (κ2) is 7.97. The van der Waals surface area contributed by atoms with Crippen molar-refractivity contribution in [3.63, 3.8) is 0 Å². The molecule has 1 aromatic rings. The number of allylic oxidation sites excluding steroid dienone is 11. The number of hydrogen-bond acceptors (Lipinski definition) is 5. The van der Waals surface area contributed by atoms with E-state index in [4.69, 9.17) is 4.99 Å². The van der Waals surface area contributed by atoms with Crippen molar-refractivity contribution in [3.8, 4) is 0 Å². The predicted molar refractivity (Wildman–Crippen MR) is 133 cm³/mol. The van der Waals surface area contributed by atoms with Gasteiger partial charge in [0, 0.05) is 0 Å². The van der Waals surface area contributed by atoms with Crippen molar-refractivity contribution < 1.29 is 41.0 Å². The van der Waals surface area contributed by atoms with Crippen molar-refractivity contribution in [3.05, 3.63) is 129 Å². The van der Waals surface area contributed by atoms with Gasteiger partial charge in [0.25, 0.3) is 0 Å². The zero-order valence-electron chi connectivity index (χ0n) is 18.6. The predicted octanol–water partition coefficient (Wildman–Crippen LogP) is -0.377.